The van der Waals surface area contributed by atoms with Crippen LogP contribution in [0, 0.1) is 11.8 Å². The molecule has 0 spiro atoms. The summed E-state index contributed by atoms with van der Waals surface area (Å²) in [5.74, 6) is 5.16. The number of esters is 1. The Morgan fingerprint density at radius 3 is 2.65 bits per heavy atom. The molecular formula is C14H17NO4S. The fraction of sp³-hybridized carbons (Fsp3) is 0.429. The van der Waals surface area contributed by atoms with Crippen molar-refractivity contribution in [2.24, 2.45) is 0 Å². The highest BCUT2D eigenvalue weighted by molar-refractivity contribution is 7.08. The molecule has 0 bridgehead atoms. The maximum absolute atomic E-state index is 11.4. The van der Waals surface area contributed by atoms with Gasteiger partial charge in [-0.15, -0.1) is 0 Å². The second kappa shape index (κ2) is 6.96. The maximum Gasteiger partial charge on any atom is 0.408 e. The molecule has 0 unspecified atom stereocenters. The normalized spacial score (nSPS) is 10.2. The van der Waals surface area contributed by atoms with Crippen molar-refractivity contribution < 1.29 is 19.1 Å². The molecule has 0 aliphatic heterocycles. The molecule has 0 saturated heterocycles. The standard InChI is InChI=1S/C14H17NO4S/c1-14(2,3)19-13(17)15-7-5-6-10-8-20-9-11(10)12(16)18-4/h8-9H,7H2,1-4H3,(H,15,17). The highest BCUT2D eigenvalue weighted by Gasteiger charge is 2.15. The van der Waals surface area contributed by atoms with Crippen LogP contribution in [-0.4, -0.2) is 31.3 Å². The zero-order chi connectivity index (χ0) is 15.2. The highest BCUT2D eigenvalue weighted by Crippen LogP contribution is 2.14. The lowest BCUT2D eigenvalue weighted by molar-refractivity contribution is 0.0533. The molecule has 0 saturated carbocycles. The van der Waals surface area contributed by atoms with E-state index in [1.54, 1.807) is 31.5 Å². The van der Waals surface area contributed by atoms with Gasteiger partial charge in [0.2, 0.25) is 0 Å². The Morgan fingerprint density at radius 2 is 2.05 bits per heavy atom. The zero-order valence-corrected chi connectivity index (χ0v) is 12.7. The summed E-state index contributed by atoms with van der Waals surface area (Å²) in [5, 5.41) is 5.95. The molecule has 1 amide bonds. The maximum atomic E-state index is 11.4. The van der Waals surface area contributed by atoms with E-state index in [9.17, 15) is 9.59 Å². The molecule has 0 atom stereocenters. The van der Waals surface area contributed by atoms with E-state index in [1.807, 2.05) is 0 Å². The van der Waals surface area contributed by atoms with Crippen LogP contribution in [0.2, 0.25) is 0 Å². The lowest BCUT2D eigenvalue weighted by Gasteiger charge is -2.18. The molecule has 1 heterocycles. The number of amides is 1. The van der Waals surface area contributed by atoms with Gasteiger partial charge in [-0.1, -0.05) is 11.8 Å². The first-order chi connectivity index (χ1) is 9.33. The fourth-order valence-corrected chi connectivity index (χ4v) is 1.98. The van der Waals surface area contributed by atoms with E-state index in [-0.39, 0.29) is 6.54 Å². The van der Waals surface area contributed by atoms with Gasteiger partial charge >= 0.3 is 12.1 Å². The summed E-state index contributed by atoms with van der Waals surface area (Å²) in [4.78, 5) is 22.8. The summed E-state index contributed by atoms with van der Waals surface area (Å²) in [6.07, 6.45) is -0.523. The van der Waals surface area contributed by atoms with Crippen LogP contribution in [0.3, 0.4) is 0 Å². The van der Waals surface area contributed by atoms with Crippen LogP contribution >= 0.6 is 11.3 Å². The van der Waals surface area contributed by atoms with Crippen LogP contribution in [-0.2, 0) is 9.47 Å². The smallest absolute Gasteiger partial charge is 0.408 e. The van der Waals surface area contributed by atoms with Crippen LogP contribution in [0.4, 0.5) is 4.79 Å². The molecule has 0 fully saturated rings. The number of thiophene rings is 1. The topological polar surface area (TPSA) is 64.6 Å². The van der Waals surface area contributed by atoms with Gasteiger partial charge in [-0.2, -0.15) is 11.3 Å². The molecule has 1 aromatic heterocycles. The van der Waals surface area contributed by atoms with Gasteiger partial charge in [-0.05, 0) is 20.8 Å². The zero-order valence-electron chi connectivity index (χ0n) is 11.9. The van der Waals surface area contributed by atoms with Crippen molar-refractivity contribution in [2.45, 2.75) is 26.4 Å². The van der Waals surface area contributed by atoms with Gasteiger partial charge in [0.15, 0.2) is 0 Å². The summed E-state index contributed by atoms with van der Waals surface area (Å²) in [7, 11) is 1.32. The van der Waals surface area contributed by atoms with Crippen molar-refractivity contribution in [3.8, 4) is 11.8 Å². The Morgan fingerprint density at radius 1 is 1.35 bits per heavy atom. The van der Waals surface area contributed by atoms with Gasteiger partial charge in [0.05, 0.1) is 19.2 Å². The van der Waals surface area contributed by atoms with E-state index in [2.05, 4.69) is 21.9 Å². The van der Waals surface area contributed by atoms with Crippen LogP contribution in [0.25, 0.3) is 0 Å². The summed E-state index contributed by atoms with van der Waals surface area (Å²) in [6.45, 7) is 5.50. The largest absolute Gasteiger partial charge is 0.465 e. The Labute approximate surface area is 122 Å². The Balaban J connectivity index is 2.54. The van der Waals surface area contributed by atoms with Crippen molar-refractivity contribution in [3.05, 3.63) is 21.9 Å². The van der Waals surface area contributed by atoms with Crippen molar-refractivity contribution in [3.63, 3.8) is 0 Å². The van der Waals surface area contributed by atoms with Gasteiger partial charge < -0.3 is 14.8 Å². The van der Waals surface area contributed by atoms with Gasteiger partial charge in [-0.3, -0.25) is 0 Å². The third kappa shape index (κ3) is 5.33. The summed E-state index contributed by atoms with van der Waals surface area (Å²) >= 11 is 1.37. The number of hydrogen-bond acceptors (Lipinski definition) is 5. The fourth-order valence-electron chi connectivity index (χ4n) is 1.23. The highest BCUT2D eigenvalue weighted by atomic mass is 32.1. The van der Waals surface area contributed by atoms with Crippen LogP contribution in [0.1, 0.15) is 36.7 Å². The summed E-state index contributed by atoms with van der Waals surface area (Å²) in [5.41, 5.74) is 0.484. The van der Waals surface area contributed by atoms with Crippen molar-refractivity contribution >= 4 is 23.4 Å². The molecule has 0 aliphatic carbocycles. The summed E-state index contributed by atoms with van der Waals surface area (Å²) in [6, 6.07) is 0. The molecule has 1 aromatic rings. The number of hydrogen-bond donors (Lipinski definition) is 1. The third-order valence-corrected chi connectivity index (χ3v) is 2.75. The molecule has 1 rings (SSSR count). The van der Waals surface area contributed by atoms with Crippen molar-refractivity contribution in [1.82, 2.24) is 5.32 Å². The molecule has 6 heteroatoms. The Kier molecular flexibility index (Phi) is 5.59. The van der Waals surface area contributed by atoms with E-state index in [0.29, 0.717) is 11.1 Å². The minimum atomic E-state index is -0.539. The first-order valence-corrected chi connectivity index (χ1v) is 6.88. The molecule has 0 radical (unpaired) electrons. The predicted octanol–water partition coefficient (Wildman–Crippen LogP) is 2.41. The number of alkyl carbamates (subject to hydrolysis) is 1. The molecule has 0 aromatic carbocycles. The number of carbonyl (C=O) groups excluding carboxylic acids is 2. The van der Waals surface area contributed by atoms with Gasteiger partial charge in [-0.25, -0.2) is 9.59 Å². The van der Waals surface area contributed by atoms with E-state index in [1.165, 1.54) is 18.4 Å². The quantitative estimate of drug-likeness (QED) is 0.672. The van der Waals surface area contributed by atoms with Crippen molar-refractivity contribution in [1.29, 1.82) is 0 Å². The number of carbonyl (C=O) groups is 2. The van der Waals surface area contributed by atoms with E-state index in [0.717, 1.165) is 0 Å². The molecule has 0 aliphatic rings. The second-order valence-electron chi connectivity index (χ2n) is 4.85. The molecule has 5 nitrogen and oxygen atoms in total. The van der Waals surface area contributed by atoms with Gasteiger partial charge in [0.25, 0.3) is 0 Å². The molecule has 1 N–H and O–H groups in total. The lowest BCUT2D eigenvalue weighted by atomic mass is 10.2. The first kappa shape index (κ1) is 16.1. The van der Waals surface area contributed by atoms with E-state index in [4.69, 9.17) is 4.74 Å². The molecule has 108 valence electrons. The minimum absolute atomic E-state index is 0.144. The minimum Gasteiger partial charge on any atom is -0.465 e. The van der Waals surface area contributed by atoms with E-state index < -0.39 is 17.7 Å². The van der Waals surface area contributed by atoms with Crippen LogP contribution in [0.5, 0.6) is 0 Å². The molecule has 20 heavy (non-hydrogen) atoms. The van der Waals surface area contributed by atoms with Crippen LogP contribution in [0.15, 0.2) is 10.8 Å². The SMILES string of the molecule is COC(=O)c1cscc1C#CCNC(=O)OC(C)(C)C. The predicted molar refractivity (Wildman–Crippen MR) is 76.8 cm³/mol. The average molecular weight is 295 g/mol. The van der Waals surface area contributed by atoms with E-state index >= 15 is 0 Å². The Hall–Kier alpha value is -2.00. The second-order valence-corrected chi connectivity index (χ2v) is 5.59. The number of methoxy groups -OCH3 is 1. The first-order valence-electron chi connectivity index (χ1n) is 5.93. The average Bonchev–Trinajstić information content (AvgIpc) is 2.79. The number of ether oxygens (including phenoxy) is 2. The lowest BCUT2D eigenvalue weighted by Crippen LogP contribution is -2.32. The number of rotatable bonds is 2. The third-order valence-electron chi connectivity index (χ3n) is 2.01. The van der Waals surface area contributed by atoms with Gasteiger partial charge in [0, 0.05) is 16.3 Å². The van der Waals surface area contributed by atoms with Crippen LogP contribution < -0.4 is 5.32 Å². The summed E-state index contributed by atoms with van der Waals surface area (Å²) < 4.78 is 9.71. The Bertz CT molecular complexity index is 546. The van der Waals surface area contributed by atoms with Crippen molar-refractivity contribution in [2.75, 3.05) is 13.7 Å². The molecular weight excluding hydrogens is 278 g/mol. The monoisotopic (exact) mass is 295 g/mol. The van der Waals surface area contributed by atoms with Gasteiger partial charge in [0.1, 0.15) is 5.60 Å². The number of nitrogens with one attached hydrogen (secondary N) is 1.